The third-order valence-corrected chi connectivity index (χ3v) is 5.83. The molecular weight excluding hydrogens is 312 g/mol. The van der Waals surface area contributed by atoms with E-state index in [2.05, 4.69) is 10.3 Å². The topological polar surface area (TPSA) is 79.3 Å². The smallest absolute Gasteiger partial charge is 0.307 e. The zero-order chi connectivity index (χ0) is 16.1. The van der Waals surface area contributed by atoms with E-state index in [1.54, 1.807) is 0 Å². The van der Waals surface area contributed by atoms with Crippen LogP contribution in [-0.4, -0.2) is 22.0 Å². The van der Waals surface area contributed by atoms with Crippen molar-refractivity contribution in [3.8, 4) is 0 Å². The van der Waals surface area contributed by atoms with Crippen LogP contribution in [0.4, 0.5) is 5.13 Å². The van der Waals surface area contributed by atoms with Crippen LogP contribution < -0.4 is 5.32 Å². The van der Waals surface area contributed by atoms with Gasteiger partial charge in [-0.1, -0.05) is 35.6 Å². The average molecular weight is 328 g/mol. The number of carboxylic acid groups (broad SMARTS) is 1. The number of amides is 1. The maximum atomic E-state index is 12.6. The van der Waals surface area contributed by atoms with E-state index in [9.17, 15) is 14.7 Å². The zero-order valence-corrected chi connectivity index (χ0v) is 13.3. The summed E-state index contributed by atoms with van der Waals surface area (Å²) >= 11 is 1.42. The number of carboxylic acids is 1. The first-order chi connectivity index (χ1) is 11.0. The van der Waals surface area contributed by atoms with Gasteiger partial charge >= 0.3 is 5.97 Å². The summed E-state index contributed by atoms with van der Waals surface area (Å²) in [6.45, 7) is 1.98. The third-order valence-electron chi connectivity index (χ3n) is 4.90. The number of carbonyl (C=O) groups excluding carboxylic acids is 1. The lowest BCUT2D eigenvalue weighted by molar-refractivity contribution is -0.146. The lowest BCUT2D eigenvalue weighted by Crippen LogP contribution is -2.36. The summed E-state index contributed by atoms with van der Waals surface area (Å²) < 4.78 is 1.02. The molecule has 0 aliphatic heterocycles. The second-order valence-corrected chi connectivity index (χ2v) is 7.30. The minimum Gasteiger partial charge on any atom is -0.481 e. The minimum absolute atomic E-state index is 0.0224. The Bertz CT molecular complexity index is 841. The number of aliphatic carboxylic acids is 1. The molecule has 0 radical (unpaired) electrons. The molecule has 2 N–H and O–H groups in total. The van der Waals surface area contributed by atoms with Crippen LogP contribution in [-0.2, 0) is 9.59 Å². The van der Waals surface area contributed by atoms with Crippen molar-refractivity contribution in [3.63, 3.8) is 0 Å². The number of rotatable bonds is 3. The molecule has 23 heavy (non-hydrogen) atoms. The Morgan fingerprint density at radius 3 is 2.70 bits per heavy atom. The van der Waals surface area contributed by atoms with E-state index in [1.807, 2.05) is 37.3 Å². The van der Waals surface area contributed by atoms with Crippen molar-refractivity contribution in [1.29, 1.82) is 0 Å². The molecule has 0 unspecified atom stereocenters. The Kier molecular flexibility index (Phi) is 3.23. The van der Waals surface area contributed by atoms with Crippen LogP contribution in [0.2, 0.25) is 0 Å². The number of anilines is 1. The predicted octanol–water partition coefficient (Wildman–Crippen LogP) is 3.07. The lowest BCUT2D eigenvalue weighted by Gasteiger charge is -2.23. The van der Waals surface area contributed by atoms with Crippen LogP contribution in [0.15, 0.2) is 30.4 Å². The summed E-state index contributed by atoms with van der Waals surface area (Å²) in [6, 6.07) is 5.91. The number of aryl methyl sites for hydroxylation is 1. The molecule has 1 aromatic heterocycles. The van der Waals surface area contributed by atoms with Gasteiger partial charge in [-0.2, -0.15) is 0 Å². The molecule has 4 rings (SSSR count). The second-order valence-electron chi connectivity index (χ2n) is 6.27. The molecule has 1 heterocycles. The summed E-state index contributed by atoms with van der Waals surface area (Å²) in [7, 11) is 0. The highest BCUT2D eigenvalue weighted by molar-refractivity contribution is 7.22. The van der Waals surface area contributed by atoms with Crippen molar-refractivity contribution in [3.05, 3.63) is 35.9 Å². The zero-order valence-electron chi connectivity index (χ0n) is 12.5. The Labute approximate surface area is 137 Å². The number of nitrogens with one attached hydrogen (secondary N) is 1. The first kappa shape index (κ1) is 14.4. The Morgan fingerprint density at radius 2 is 2.00 bits per heavy atom. The van der Waals surface area contributed by atoms with Crippen LogP contribution in [0.5, 0.6) is 0 Å². The van der Waals surface area contributed by atoms with Crippen molar-refractivity contribution in [2.45, 2.75) is 13.3 Å². The van der Waals surface area contributed by atoms with Crippen molar-refractivity contribution in [1.82, 2.24) is 4.98 Å². The fraction of sp³-hybridized carbons (Fsp3) is 0.353. The maximum Gasteiger partial charge on any atom is 0.307 e. The molecule has 1 saturated carbocycles. The van der Waals surface area contributed by atoms with Gasteiger partial charge in [0.15, 0.2) is 5.13 Å². The van der Waals surface area contributed by atoms with E-state index in [1.165, 1.54) is 11.3 Å². The molecule has 118 valence electrons. The fourth-order valence-corrected chi connectivity index (χ4v) is 4.79. The van der Waals surface area contributed by atoms with Gasteiger partial charge in [0.05, 0.1) is 22.1 Å². The summed E-state index contributed by atoms with van der Waals surface area (Å²) in [5.74, 6) is -2.24. The van der Waals surface area contributed by atoms with Gasteiger partial charge < -0.3 is 10.4 Å². The summed E-state index contributed by atoms with van der Waals surface area (Å²) in [6.07, 6.45) is 4.68. The molecule has 4 atom stereocenters. The molecule has 6 heteroatoms. The van der Waals surface area contributed by atoms with Gasteiger partial charge in [-0.3, -0.25) is 9.59 Å². The summed E-state index contributed by atoms with van der Waals surface area (Å²) in [4.78, 5) is 28.6. The summed E-state index contributed by atoms with van der Waals surface area (Å²) in [5, 5.41) is 12.8. The van der Waals surface area contributed by atoms with Crippen molar-refractivity contribution < 1.29 is 14.7 Å². The molecule has 2 aromatic rings. The van der Waals surface area contributed by atoms with E-state index in [-0.39, 0.29) is 17.7 Å². The first-order valence-electron chi connectivity index (χ1n) is 7.63. The van der Waals surface area contributed by atoms with Gasteiger partial charge in [0, 0.05) is 0 Å². The van der Waals surface area contributed by atoms with Gasteiger partial charge in [-0.25, -0.2) is 4.98 Å². The Balaban J connectivity index is 1.60. The highest BCUT2D eigenvalue weighted by atomic mass is 32.1. The fourth-order valence-electron chi connectivity index (χ4n) is 3.84. The normalized spacial score (nSPS) is 28.4. The molecule has 1 amide bonds. The molecule has 1 fully saturated rings. The molecule has 2 aliphatic rings. The van der Waals surface area contributed by atoms with E-state index in [4.69, 9.17) is 0 Å². The monoisotopic (exact) mass is 328 g/mol. The molecule has 0 spiro atoms. The highest BCUT2D eigenvalue weighted by Gasteiger charge is 2.51. The maximum absolute atomic E-state index is 12.6. The standard InChI is InChI=1S/C17H16N2O3S/c1-8-3-2-4-11-14(8)18-17(23-11)19-15(20)12-9-5-6-10(7-9)13(12)16(21)22/h2-6,9-10,12-13H,7H2,1H3,(H,21,22)(H,18,19,20)/t9-,10+,12-,13+/m1/s1. The van der Waals surface area contributed by atoms with Crippen LogP contribution in [0, 0.1) is 30.6 Å². The largest absolute Gasteiger partial charge is 0.481 e. The van der Waals surface area contributed by atoms with Gasteiger partial charge in [0.2, 0.25) is 5.91 Å². The molecule has 1 aromatic carbocycles. The number of benzene rings is 1. The van der Waals surface area contributed by atoms with Gasteiger partial charge in [0.25, 0.3) is 0 Å². The summed E-state index contributed by atoms with van der Waals surface area (Å²) in [5.41, 5.74) is 1.95. The van der Waals surface area contributed by atoms with Crippen LogP contribution in [0.1, 0.15) is 12.0 Å². The number of hydrogen-bond acceptors (Lipinski definition) is 4. The average Bonchev–Trinajstić information content (AvgIpc) is 3.19. The molecule has 2 aliphatic carbocycles. The van der Waals surface area contributed by atoms with Gasteiger partial charge in [-0.05, 0) is 36.8 Å². The number of aromatic nitrogens is 1. The third kappa shape index (κ3) is 2.25. The number of fused-ring (bicyclic) bond motifs is 3. The van der Waals surface area contributed by atoms with E-state index >= 15 is 0 Å². The lowest BCUT2D eigenvalue weighted by atomic mass is 9.82. The van der Waals surface area contributed by atoms with Crippen molar-refractivity contribution >= 4 is 38.6 Å². The quantitative estimate of drug-likeness (QED) is 0.849. The SMILES string of the molecule is Cc1cccc2sc(NC(=O)[C@H]3[C@@H](C(=O)O)[C@H]4C=C[C@@H]3C4)nc12. The van der Waals surface area contributed by atoms with E-state index in [0.717, 1.165) is 22.2 Å². The van der Waals surface area contributed by atoms with Crippen LogP contribution in [0.25, 0.3) is 10.2 Å². The van der Waals surface area contributed by atoms with Crippen LogP contribution in [0.3, 0.4) is 0 Å². The highest BCUT2D eigenvalue weighted by Crippen LogP contribution is 2.48. The van der Waals surface area contributed by atoms with Crippen LogP contribution >= 0.6 is 11.3 Å². The van der Waals surface area contributed by atoms with Crippen molar-refractivity contribution in [2.24, 2.45) is 23.7 Å². The van der Waals surface area contributed by atoms with Crippen molar-refractivity contribution in [2.75, 3.05) is 5.32 Å². The molecular formula is C17H16N2O3S. The minimum atomic E-state index is -0.887. The molecule has 0 saturated heterocycles. The Hall–Kier alpha value is -2.21. The molecule has 2 bridgehead atoms. The molecule has 5 nitrogen and oxygen atoms in total. The number of thiazole rings is 1. The first-order valence-corrected chi connectivity index (χ1v) is 8.44. The number of allylic oxidation sites excluding steroid dienone is 2. The number of carbonyl (C=O) groups is 2. The number of nitrogens with zero attached hydrogens (tertiary/aromatic N) is 1. The second kappa shape index (κ2) is 5.16. The van der Waals surface area contributed by atoms with Gasteiger partial charge in [-0.15, -0.1) is 0 Å². The predicted molar refractivity (Wildman–Crippen MR) is 88.3 cm³/mol. The van der Waals surface area contributed by atoms with Gasteiger partial charge in [0.1, 0.15) is 0 Å². The van der Waals surface area contributed by atoms with E-state index < -0.39 is 17.8 Å². The number of para-hydroxylation sites is 1. The van der Waals surface area contributed by atoms with E-state index in [0.29, 0.717) is 5.13 Å². The number of hydrogen-bond donors (Lipinski definition) is 2. The Morgan fingerprint density at radius 1 is 1.26 bits per heavy atom.